The van der Waals surface area contributed by atoms with Crippen molar-refractivity contribution in [3.8, 4) is 0 Å². The molecule has 3 atom stereocenters. The van der Waals surface area contributed by atoms with Gasteiger partial charge in [0.15, 0.2) is 0 Å². The maximum Gasteiger partial charge on any atom is 0.326 e. The van der Waals surface area contributed by atoms with E-state index in [2.05, 4.69) is 16.0 Å². The third-order valence-electron chi connectivity index (χ3n) is 7.48. The quantitative estimate of drug-likeness (QED) is 0.303. The van der Waals surface area contributed by atoms with Crippen molar-refractivity contribution < 1.29 is 29.4 Å². The zero-order valence-electron chi connectivity index (χ0n) is 20.6. The summed E-state index contributed by atoms with van der Waals surface area (Å²) in [6, 6.07) is 9.55. The van der Waals surface area contributed by atoms with E-state index in [9.17, 15) is 29.4 Å². The molecule has 2 aromatic carbocycles. The zero-order chi connectivity index (χ0) is 27.5. The molecule has 0 heterocycles. The van der Waals surface area contributed by atoms with E-state index in [0.717, 1.165) is 0 Å². The lowest BCUT2D eigenvalue weighted by atomic mass is 9.65. The minimum Gasteiger partial charge on any atom is -0.481 e. The summed E-state index contributed by atoms with van der Waals surface area (Å²) in [6.07, 6.45) is 0.692. The van der Waals surface area contributed by atoms with E-state index in [0.29, 0.717) is 24.1 Å². The topological polar surface area (TPSA) is 145 Å². The van der Waals surface area contributed by atoms with E-state index in [1.54, 1.807) is 63.2 Å². The van der Waals surface area contributed by atoms with Crippen molar-refractivity contribution in [1.82, 2.24) is 5.32 Å². The lowest BCUT2D eigenvalue weighted by Gasteiger charge is -2.38. The van der Waals surface area contributed by atoms with E-state index in [1.807, 2.05) is 0 Å². The van der Waals surface area contributed by atoms with Crippen molar-refractivity contribution in [2.75, 3.05) is 10.6 Å². The Bertz CT molecular complexity index is 1200. The minimum absolute atomic E-state index is 0.00608. The second kappa shape index (κ2) is 11.0. The number of halogens is 2. The molecule has 1 aliphatic rings. The predicted molar refractivity (Wildman–Crippen MR) is 141 cm³/mol. The Morgan fingerprint density at radius 3 is 2.08 bits per heavy atom. The van der Waals surface area contributed by atoms with Gasteiger partial charge in [0.2, 0.25) is 5.91 Å². The number of carbonyl (C=O) groups excluding carboxylic acids is 2. The number of aliphatic carboxylic acids is 2. The van der Waals surface area contributed by atoms with E-state index >= 15 is 0 Å². The molecule has 9 nitrogen and oxygen atoms in total. The van der Waals surface area contributed by atoms with Crippen molar-refractivity contribution in [2.45, 2.75) is 46.1 Å². The van der Waals surface area contributed by atoms with Crippen molar-refractivity contribution in [3.05, 3.63) is 58.1 Å². The molecule has 0 bridgehead atoms. The summed E-state index contributed by atoms with van der Waals surface area (Å²) < 4.78 is 0. The number of hydrogen-bond donors (Lipinski definition) is 5. The van der Waals surface area contributed by atoms with Gasteiger partial charge in [0.1, 0.15) is 6.04 Å². The summed E-state index contributed by atoms with van der Waals surface area (Å²) in [7, 11) is 0. The molecule has 11 heteroatoms. The Balaban J connectivity index is 1.63. The van der Waals surface area contributed by atoms with Crippen LogP contribution in [0.5, 0.6) is 0 Å². The van der Waals surface area contributed by atoms with Gasteiger partial charge in [-0.05, 0) is 55.0 Å². The van der Waals surface area contributed by atoms with Crippen LogP contribution in [-0.4, -0.2) is 40.1 Å². The highest BCUT2D eigenvalue weighted by Gasteiger charge is 2.58. The number of hydrogen-bond acceptors (Lipinski definition) is 4. The number of anilines is 2. The lowest BCUT2D eigenvalue weighted by molar-refractivity contribution is -0.155. The first-order valence-corrected chi connectivity index (χ1v) is 12.4. The SMILES string of the molecule is CC1(C(=O)O)CCC(C(=O)N[C@@H](Cc2ccc(NC(=O)Nc3c(Cl)cccc3Cl)cc2)C(=O)O)C1(C)C. The first-order valence-electron chi connectivity index (χ1n) is 11.6. The molecule has 37 heavy (non-hydrogen) atoms. The minimum atomic E-state index is -1.21. The van der Waals surface area contributed by atoms with Crippen LogP contribution in [0.1, 0.15) is 39.2 Å². The van der Waals surface area contributed by atoms with E-state index in [4.69, 9.17) is 23.2 Å². The van der Waals surface area contributed by atoms with Crippen LogP contribution in [0.25, 0.3) is 0 Å². The Hall–Kier alpha value is -3.30. The van der Waals surface area contributed by atoms with Gasteiger partial charge in [-0.25, -0.2) is 9.59 Å². The summed E-state index contributed by atoms with van der Waals surface area (Å²) in [6.45, 7) is 5.08. The van der Waals surface area contributed by atoms with Crippen LogP contribution in [0, 0.1) is 16.7 Å². The molecule has 5 N–H and O–H groups in total. The van der Waals surface area contributed by atoms with Gasteiger partial charge in [-0.2, -0.15) is 0 Å². The molecule has 1 aliphatic carbocycles. The van der Waals surface area contributed by atoms with Crippen LogP contribution in [0.3, 0.4) is 0 Å². The number of benzene rings is 2. The number of urea groups is 1. The molecule has 1 fully saturated rings. The highest BCUT2D eigenvalue weighted by Crippen LogP contribution is 2.56. The van der Waals surface area contributed by atoms with Gasteiger partial charge >= 0.3 is 18.0 Å². The van der Waals surface area contributed by atoms with E-state index in [-0.39, 0.29) is 22.2 Å². The maximum atomic E-state index is 13.0. The number of carboxylic acid groups (broad SMARTS) is 2. The molecule has 2 aromatic rings. The van der Waals surface area contributed by atoms with Crippen molar-refractivity contribution in [2.24, 2.45) is 16.7 Å². The summed E-state index contributed by atoms with van der Waals surface area (Å²) in [5.74, 6) is -3.29. The zero-order valence-corrected chi connectivity index (χ0v) is 22.1. The third kappa shape index (κ3) is 5.99. The fraction of sp³-hybridized carbons (Fsp3) is 0.385. The van der Waals surface area contributed by atoms with Gasteiger partial charge in [-0.3, -0.25) is 9.59 Å². The van der Waals surface area contributed by atoms with Crippen LogP contribution in [0.2, 0.25) is 10.0 Å². The molecule has 2 unspecified atom stereocenters. The normalized spacial score (nSPS) is 21.1. The van der Waals surface area contributed by atoms with Crippen LogP contribution in [0.15, 0.2) is 42.5 Å². The van der Waals surface area contributed by atoms with Crippen LogP contribution < -0.4 is 16.0 Å². The van der Waals surface area contributed by atoms with Gasteiger partial charge < -0.3 is 26.2 Å². The van der Waals surface area contributed by atoms with Gasteiger partial charge in [-0.1, -0.05) is 55.2 Å². The molecule has 0 aliphatic heterocycles. The first-order chi connectivity index (χ1) is 17.3. The Kier molecular flexibility index (Phi) is 8.39. The standard InChI is InChI=1S/C26H29Cl2N3O6/c1-25(2)16(11-12-26(25,3)23(35)36)21(32)30-19(22(33)34)13-14-7-9-15(10-8-14)29-24(37)31-20-17(27)5-4-6-18(20)28/h4-10,16,19H,11-13H2,1-3H3,(H,30,32)(H,33,34)(H,35,36)(H2,29,31,37)/t16?,19-,26?/m0/s1. The fourth-order valence-corrected chi connectivity index (χ4v) is 5.16. The second-order valence-electron chi connectivity index (χ2n) is 9.93. The molecule has 1 saturated carbocycles. The van der Waals surface area contributed by atoms with E-state index in [1.165, 1.54) is 0 Å². The predicted octanol–water partition coefficient (Wildman–Crippen LogP) is 5.28. The molecular formula is C26H29Cl2N3O6. The van der Waals surface area contributed by atoms with Crippen LogP contribution in [-0.2, 0) is 20.8 Å². The molecule has 3 amide bonds. The second-order valence-corrected chi connectivity index (χ2v) is 10.7. The molecule has 0 aromatic heterocycles. The highest BCUT2D eigenvalue weighted by atomic mass is 35.5. The molecule has 3 rings (SSSR count). The smallest absolute Gasteiger partial charge is 0.326 e. The van der Waals surface area contributed by atoms with Crippen molar-refractivity contribution >= 4 is 58.5 Å². The number of nitrogens with one attached hydrogen (secondary N) is 3. The molecular weight excluding hydrogens is 521 g/mol. The Morgan fingerprint density at radius 2 is 1.57 bits per heavy atom. The van der Waals surface area contributed by atoms with Crippen LogP contribution in [0.4, 0.5) is 16.2 Å². The number of amides is 3. The van der Waals surface area contributed by atoms with Crippen LogP contribution >= 0.6 is 23.2 Å². The average Bonchev–Trinajstić information content (AvgIpc) is 3.07. The number of rotatable bonds is 8. The number of carbonyl (C=O) groups is 4. The number of carboxylic acids is 2. The first kappa shape index (κ1) is 28.3. The lowest BCUT2D eigenvalue weighted by Crippen LogP contribution is -2.49. The molecule has 0 spiro atoms. The Labute approximate surface area is 224 Å². The summed E-state index contributed by atoms with van der Waals surface area (Å²) >= 11 is 12.1. The highest BCUT2D eigenvalue weighted by molar-refractivity contribution is 6.39. The fourth-order valence-electron chi connectivity index (χ4n) is 4.67. The summed E-state index contributed by atoms with van der Waals surface area (Å²) in [5, 5.41) is 27.8. The third-order valence-corrected chi connectivity index (χ3v) is 8.11. The van der Waals surface area contributed by atoms with Gasteiger partial charge in [0, 0.05) is 18.0 Å². The molecule has 198 valence electrons. The molecule has 0 saturated heterocycles. The van der Waals surface area contributed by atoms with Crippen molar-refractivity contribution in [1.29, 1.82) is 0 Å². The largest absolute Gasteiger partial charge is 0.481 e. The summed E-state index contributed by atoms with van der Waals surface area (Å²) in [4.78, 5) is 49.1. The summed E-state index contributed by atoms with van der Waals surface area (Å²) in [5.41, 5.74) is -0.599. The number of para-hydroxylation sites is 1. The van der Waals surface area contributed by atoms with E-state index < -0.39 is 46.7 Å². The maximum absolute atomic E-state index is 13.0. The van der Waals surface area contributed by atoms with Gasteiger partial charge in [0.05, 0.1) is 21.1 Å². The molecule has 0 radical (unpaired) electrons. The average molecular weight is 550 g/mol. The van der Waals surface area contributed by atoms with Gasteiger partial charge in [0.25, 0.3) is 0 Å². The Morgan fingerprint density at radius 1 is 0.973 bits per heavy atom. The van der Waals surface area contributed by atoms with Gasteiger partial charge in [-0.15, -0.1) is 0 Å². The van der Waals surface area contributed by atoms with Crippen molar-refractivity contribution in [3.63, 3.8) is 0 Å². The monoisotopic (exact) mass is 549 g/mol.